The fourth-order valence-corrected chi connectivity index (χ4v) is 1.79. The van der Waals surface area contributed by atoms with E-state index in [1.54, 1.807) is 0 Å². The zero-order chi connectivity index (χ0) is 14.1. The van der Waals surface area contributed by atoms with Crippen molar-refractivity contribution >= 4 is 5.95 Å². The number of halogens is 1. The van der Waals surface area contributed by atoms with E-state index in [1.807, 2.05) is 13.8 Å². The number of hydrogen-bond donors (Lipinski definition) is 1. The van der Waals surface area contributed by atoms with Crippen LogP contribution in [0.5, 0.6) is 5.88 Å². The van der Waals surface area contributed by atoms with E-state index in [-0.39, 0.29) is 12.0 Å². The van der Waals surface area contributed by atoms with E-state index < -0.39 is 5.82 Å². The van der Waals surface area contributed by atoms with Gasteiger partial charge in [-0.2, -0.15) is 9.37 Å². The molecule has 0 spiro atoms. The molecule has 1 aromatic heterocycles. The van der Waals surface area contributed by atoms with E-state index in [1.165, 1.54) is 19.3 Å². The topological polar surface area (TPSA) is 47.0 Å². The van der Waals surface area contributed by atoms with Gasteiger partial charge in [0.1, 0.15) is 0 Å². The summed E-state index contributed by atoms with van der Waals surface area (Å²) in [5.41, 5.74) is 0. The molecule has 0 radical (unpaired) electrons. The second kappa shape index (κ2) is 8.67. The largest absolute Gasteiger partial charge is 0.472 e. The van der Waals surface area contributed by atoms with Crippen LogP contribution in [0.25, 0.3) is 0 Å². The molecule has 5 heteroatoms. The minimum absolute atomic E-state index is 0.0317. The standard InChI is InChI=1S/C14H24FN3O/c1-4-6-7-8-9-11(3)19-13-12(15)10-17-14(18-13)16-5-2/h10-11H,4-9H2,1-3H3,(H,16,17,18). The molecular weight excluding hydrogens is 245 g/mol. The van der Waals surface area contributed by atoms with Gasteiger partial charge < -0.3 is 10.1 Å². The third-order valence-electron chi connectivity index (χ3n) is 2.82. The van der Waals surface area contributed by atoms with E-state index in [0.29, 0.717) is 12.5 Å². The summed E-state index contributed by atoms with van der Waals surface area (Å²) >= 11 is 0. The smallest absolute Gasteiger partial charge is 0.255 e. The van der Waals surface area contributed by atoms with Gasteiger partial charge in [0.05, 0.1) is 12.3 Å². The minimum Gasteiger partial charge on any atom is -0.472 e. The number of nitrogens with zero attached hydrogens (tertiary/aromatic N) is 2. The maximum Gasteiger partial charge on any atom is 0.255 e. The maximum atomic E-state index is 13.5. The highest BCUT2D eigenvalue weighted by Crippen LogP contribution is 2.18. The average Bonchev–Trinajstić information content (AvgIpc) is 2.39. The lowest BCUT2D eigenvalue weighted by molar-refractivity contribution is 0.188. The van der Waals surface area contributed by atoms with Crippen LogP contribution in [0.1, 0.15) is 52.9 Å². The number of aromatic nitrogens is 2. The zero-order valence-corrected chi connectivity index (χ0v) is 12.1. The first-order chi connectivity index (χ1) is 9.17. The van der Waals surface area contributed by atoms with Crippen LogP contribution >= 0.6 is 0 Å². The predicted molar refractivity (Wildman–Crippen MR) is 75.0 cm³/mol. The van der Waals surface area contributed by atoms with Crippen molar-refractivity contribution < 1.29 is 9.13 Å². The van der Waals surface area contributed by atoms with Crippen LogP contribution in [0.4, 0.5) is 10.3 Å². The van der Waals surface area contributed by atoms with Gasteiger partial charge in [-0.15, -0.1) is 0 Å². The van der Waals surface area contributed by atoms with Crippen molar-refractivity contribution in [3.05, 3.63) is 12.0 Å². The van der Waals surface area contributed by atoms with Crippen LogP contribution in [0.15, 0.2) is 6.20 Å². The van der Waals surface area contributed by atoms with Crippen LogP contribution < -0.4 is 10.1 Å². The fourth-order valence-electron chi connectivity index (χ4n) is 1.79. The lowest BCUT2D eigenvalue weighted by atomic mass is 10.1. The summed E-state index contributed by atoms with van der Waals surface area (Å²) in [6, 6.07) is 0. The van der Waals surface area contributed by atoms with Gasteiger partial charge in [0.2, 0.25) is 11.8 Å². The van der Waals surface area contributed by atoms with Gasteiger partial charge in [-0.3, -0.25) is 0 Å². The van der Waals surface area contributed by atoms with E-state index in [4.69, 9.17) is 4.74 Å². The molecule has 0 fully saturated rings. The van der Waals surface area contributed by atoms with E-state index in [2.05, 4.69) is 22.2 Å². The molecule has 0 saturated heterocycles. The van der Waals surface area contributed by atoms with Crippen LogP contribution in [0.2, 0.25) is 0 Å². The first-order valence-corrected chi connectivity index (χ1v) is 7.10. The molecule has 1 heterocycles. The van der Waals surface area contributed by atoms with Crippen LogP contribution in [-0.4, -0.2) is 22.6 Å². The summed E-state index contributed by atoms with van der Waals surface area (Å²) in [6.07, 6.45) is 6.77. The summed E-state index contributed by atoms with van der Waals surface area (Å²) < 4.78 is 19.1. The molecule has 4 nitrogen and oxygen atoms in total. The molecule has 0 saturated carbocycles. The van der Waals surface area contributed by atoms with Gasteiger partial charge in [0.25, 0.3) is 5.88 Å². The Kier molecular flexibility index (Phi) is 7.15. The maximum absolute atomic E-state index is 13.5. The summed E-state index contributed by atoms with van der Waals surface area (Å²) in [4.78, 5) is 7.87. The van der Waals surface area contributed by atoms with E-state index in [0.717, 1.165) is 19.0 Å². The molecule has 0 aliphatic rings. The van der Waals surface area contributed by atoms with Gasteiger partial charge >= 0.3 is 0 Å². The quantitative estimate of drug-likeness (QED) is 0.693. The molecule has 108 valence electrons. The van der Waals surface area contributed by atoms with Gasteiger partial charge in [-0.25, -0.2) is 4.98 Å². The van der Waals surface area contributed by atoms with Crippen LogP contribution in [-0.2, 0) is 0 Å². The Morgan fingerprint density at radius 2 is 2.11 bits per heavy atom. The Hall–Kier alpha value is -1.39. The summed E-state index contributed by atoms with van der Waals surface area (Å²) in [5, 5.41) is 2.94. The van der Waals surface area contributed by atoms with Gasteiger partial charge in [-0.05, 0) is 26.7 Å². The lowest BCUT2D eigenvalue weighted by Crippen LogP contribution is -2.14. The van der Waals surface area contributed by atoms with Crippen molar-refractivity contribution in [2.45, 2.75) is 59.0 Å². The summed E-state index contributed by atoms with van der Waals surface area (Å²) in [5.74, 6) is -0.0758. The molecule has 1 aromatic rings. The molecule has 0 aromatic carbocycles. The number of unbranched alkanes of at least 4 members (excludes halogenated alkanes) is 3. The first kappa shape index (κ1) is 15.7. The van der Waals surface area contributed by atoms with Crippen molar-refractivity contribution in [2.75, 3.05) is 11.9 Å². The molecule has 19 heavy (non-hydrogen) atoms. The Balaban J connectivity index is 2.48. The third-order valence-corrected chi connectivity index (χ3v) is 2.82. The van der Waals surface area contributed by atoms with Gasteiger partial charge in [0, 0.05) is 6.54 Å². The Bertz CT molecular complexity index is 374. The number of rotatable bonds is 9. The lowest BCUT2D eigenvalue weighted by Gasteiger charge is -2.14. The summed E-state index contributed by atoms with van der Waals surface area (Å²) in [7, 11) is 0. The first-order valence-electron chi connectivity index (χ1n) is 7.10. The van der Waals surface area contributed by atoms with E-state index in [9.17, 15) is 4.39 Å². The molecule has 1 rings (SSSR count). The zero-order valence-electron chi connectivity index (χ0n) is 12.1. The Labute approximate surface area is 114 Å². The monoisotopic (exact) mass is 269 g/mol. The number of hydrogen-bond acceptors (Lipinski definition) is 4. The highest BCUT2D eigenvalue weighted by atomic mass is 19.1. The Morgan fingerprint density at radius 3 is 2.79 bits per heavy atom. The molecular formula is C14H24FN3O. The van der Waals surface area contributed by atoms with Crippen molar-refractivity contribution in [2.24, 2.45) is 0 Å². The number of anilines is 1. The van der Waals surface area contributed by atoms with Crippen molar-refractivity contribution in [3.63, 3.8) is 0 Å². The normalized spacial score (nSPS) is 12.2. The number of ether oxygens (including phenoxy) is 1. The highest BCUT2D eigenvalue weighted by molar-refractivity contribution is 5.28. The second-order valence-corrected chi connectivity index (χ2v) is 4.65. The third kappa shape index (κ3) is 5.85. The molecule has 1 atom stereocenters. The molecule has 0 aliphatic carbocycles. The molecule has 0 bridgehead atoms. The second-order valence-electron chi connectivity index (χ2n) is 4.65. The minimum atomic E-state index is -0.512. The van der Waals surface area contributed by atoms with Gasteiger partial charge in [-0.1, -0.05) is 26.2 Å². The molecule has 1 unspecified atom stereocenters. The SMILES string of the molecule is CCCCCCC(C)Oc1nc(NCC)ncc1F. The van der Waals surface area contributed by atoms with Crippen LogP contribution in [0.3, 0.4) is 0 Å². The Morgan fingerprint density at radius 1 is 1.32 bits per heavy atom. The average molecular weight is 269 g/mol. The van der Waals surface area contributed by atoms with Crippen molar-refractivity contribution in [1.29, 1.82) is 0 Å². The molecule has 0 amide bonds. The van der Waals surface area contributed by atoms with Crippen molar-refractivity contribution in [3.8, 4) is 5.88 Å². The van der Waals surface area contributed by atoms with E-state index >= 15 is 0 Å². The van der Waals surface area contributed by atoms with Crippen LogP contribution in [0, 0.1) is 5.82 Å². The molecule has 1 N–H and O–H groups in total. The summed E-state index contributed by atoms with van der Waals surface area (Å²) in [6.45, 7) is 6.75. The fraction of sp³-hybridized carbons (Fsp3) is 0.714. The molecule has 0 aliphatic heterocycles. The highest BCUT2D eigenvalue weighted by Gasteiger charge is 2.11. The van der Waals surface area contributed by atoms with Gasteiger partial charge in [0.15, 0.2) is 0 Å². The van der Waals surface area contributed by atoms with Crippen molar-refractivity contribution in [1.82, 2.24) is 9.97 Å². The predicted octanol–water partition coefficient (Wildman–Crippen LogP) is 3.79. The number of nitrogens with one attached hydrogen (secondary N) is 1.